The second-order valence-electron chi connectivity index (χ2n) is 8.15. The molecule has 0 saturated heterocycles. The van der Waals surface area contributed by atoms with E-state index in [1.807, 2.05) is 54.0 Å². The number of aromatic nitrogens is 2. The molecule has 0 N–H and O–H groups in total. The van der Waals surface area contributed by atoms with Crippen molar-refractivity contribution in [1.82, 2.24) is 9.55 Å². The molecule has 7 heteroatoms. The molecule has 3 aromatic rings. The Morgan fingerprint density at radius 1 is 1.12 bits per heavy atom. The highest BCUT2D eigenvalue weighted by Gasteiger charge is 2.18. The molecule has 0 aliphatic rings. The highest BCUT2D eigenvalue weighted by atomic mass is 35.5. The fourth-order valence-electron chi connectivity index (χ4n) is 3.62. The second-order valence-corrected chi connectivity index (χ2v) is 8.51. The van der Waals surface area contributed by atoms with Crippen LogP contribution >= 0.6 is 11.6 Å². The Morgan fingerprint density at radius 2 is 1.82 bits per heavy atom. The predicted octanol–water partition coefficient (Wildman–Crippen LogP) is 6.17. The normalized spacial score (nSPS) is 12.0. The zero-order chi connectivity index (χ0) is 24.1. The number of hydrogen-bond acceptors (Lipinski definition) is 5. The molecule has 0 aliphatic heterocycles. The van der Waals surface area contributed by atoms with Crippen molar-refractivity contribution in [2.75, 3.05) is 7.11 Å². The lowest BCUT2D eigenvalue weighted by molar-refractivity contribution is -0.147. The van der Waals surface area contributed by atoms with E-state index in [1.165, 1.54) is 7.11 Å². The molecule has 0 aliphatic carbocycles. The van der Waals surface area contributed by atoms with Crippen LogP contribution in [0.15, 0.2) is 42.5 Å². The number of halogens is 1. The van der Waals surface area contributed by atoms with Crippen LogP contribution in [0.4, 0.5) is 0 Å². The quantitative estimate of drug-likeness (QED) is 0.350. The van der Waals surface area contributed by atoms with Crippen LogP contribution < -0.4 is 9.47 Å². The number of esters is 1. The SMILES string of the molecule is CCc1ccc(COc2ccc(-c3nc(C)n(C(C)C)c3Cl)cc2)c(OC(C)C(=O)OC)c1. The van der Waals surface area contributed by atoms with E-state index in [0.29, 0.717) is 23.3 Å². The summed E-state index contributed by atoms with van der Waals surface area (Å²) in [5, 5.41) is 0.633. The van der Waals surface area contributed by atoms with Crippen molar-refractivity contribution < 1.29 is 19.0 Å². The van der Waals surface area contributed by atoms with Gasteiger partial charge >= 0.3 is 5.97 Å². The minimum atomic E-state index is -0.709. The van der Waals surface area contributed by atoms with Gasteiger partial charge in [-0.25, -0.2) is 9.78 Å². The van der Waals surface area contributed by atoms with E-state index < -0.39 is 12.1 Å². The van der Waals surface area contributed by atoms with Crippen molar-refractivity contribution >= 4 is 17.6 Å². The van der Waals surface area contributed by atoms with Crippen LogP contribution in [0.5, 0.6) is 11.5 Å². The monoisotopic (exact) mass is 470 g/mol. The third-order valence-electron chi connectivity index (χ3n) is 5.44. The average Bonchev–Trinajstić information content (AvgIpc) is 3.11. The molecule has 1 aromatic heterocycles. The van der Waals surface area contributed by atoms with E-state index in [9.17, 15) is 4.79 Å². The summed E-state index contributed by atoms with van der Waals surface area (Å²) in [6.07, 6.45) is 0.152. The first kappa shape index (κ1) is 24.6. The molecule has 176 valence electrons. The highest BCUT2D eigenvalue weighted by molar-refractivity contribution is 6.32. The Bertz CT molecular complexity index is 1110. The fourth-order valence-corrected chi connectivity index (χ4v) is 4.09. The minimum absolute atomic E-state index is 0.235. The van der Waals surface area contributed by atoms with Crippen molar-refractivity contribution in [3.8, 4) is 22.8 Å². The van der Waals surface area contributed by atoms with Gasteiger partial charge in [-0.1, -0.05) is 30.7 Å². The first-order valence-corrected chi connectivity index (χ1v) is 11.5. The number of nitrogens with zero attached hydrogens (tertiary/aromatic N) is 2. The van der Waals surface area contributed by atoms with Crippen molar-refractivity contribution in [1.29, 1.82) is 0 Å². The molecule has 6 nitrogen and oxygen atoms in total. The van der Waals surface area contributed by atoms with E-state index in [2.05, 4.69) is 25.8 Å². The summed E-state index contributed by atoms with van der Waals surface area (Å²) < 4.78 is 18.7. The summed E-state index contributed by atoms with van der Waals surface area (Å²) >= 11 is 6.58. The third-order valence-corrected chi connectivity index (χ3v) is 5.81. The molecule has 0 saturated carbocycles. The molecular formula is C26H31ClN2O4. The van der Waals surface area contributed by atoms with Crippen LogP contribution in [0, 0.1) is 6.92 Å². The van der Waals surface area contributed by atoms with Gasteiger partial charge in [0.1, 0.15) is 34.8 Å². The number of carbonyl (C=O) groups excluding carboxylic acids is 1. The molecule has 1 atom stereocenters. The van der Waals surface area contributed by atoms with E-state index in [0.717, 1.165) is 34.6 Å². The Morgan fingerprint density at radius 3 is 2.39 bits per heavy atom. The van der Waals surface area contributed by atoms with Gasteiger partial charge in [-0.15, -0.1) is 0 Å². The average molecular weight is 471 g/mol. The van der Waals surface area contributed by atoms with E-state index in [4.69, 9.17) is 25.8 Å². The van der Waals surface area contributed by atoms with Crippen LogP contribution in [0.25, 0.3) is 11.3 Å². The molecule has 3 rings (SSSR count). The largest absolute Gasteiger partial charge is 0.489 e. The molecule has 0 radical (unpaired) electrons. The molecular weight excluding hydrogens is 440 g/mol. The Balaban J connectivity index is 1.75. The molecule has 1 unspecified atom stereocenters. The lowest BCUT2D eigenvalue weighted by atomic mass is 10.1. The standard InChI is InChI=1S/C26H31ClN2O4/c1-7-19-8-9-21(23(14-19)33-17(4)26(30)31-6)15-32-22-12-10-20(11-13-22)24-25(27)29(16(2)3)18(5)28-24/h8-14,16-17H,7,15H2,1-6H3. The number of aryl methyl sites for hydroxylation is 2. The van der Waals surface area contributed by atoms with Crippen molar-refractivity contribution in [2.24, 2.45) is 0 Å². The highest BCUT2D eigenvalue weighted by Crippen LogP contribution is 2.32. The van der Waals surface area contributed by atoms with E-state index in [-0.39, 0.29) is 6.04 Å². The van der Waals surface area contributed by atoms with Crippen molar-refractivity contribution in [3.05, 3.63) is 64.6 Å². The van der Waals surface area contributed by atoms with Crippen LogP contribution in [0.1, 0.15) is 50.7 Å². The number of rotatable bonds is 9. The zero-order valence-corrected chi connectivity index (χ0v) is 20.8. The summed E-state index contributed by atoms with van der Waals surface area (Å²) in [6.45, 7) is 10.2. The van der Waals surface area contributed by atoms with Gasteiger partial charge in [0.15, 0.2) is 6.10 Å². The number of imidazole rings is 1. The van der Waals surface area contributed by atoms with Gasteiger partial charge < -0.3 is 18.8 Å². The molecule has 0 bridgehead atoms. The van der Waals surface area contributed by atoms with Gasteiger partial charge in [0.25, 0.3) is 0 Å². The van der Waals surface area contributed by atoms with Crippen LogP contribution in [0.3, 0.4) is 0 Å². The van der Waals surface area contributed by atoms with Gasteiger partial charge in [-0.2, -0.15) is 0 Å². The summed E-state index contributed by atoms with van der Waals surface area (Å²) in [5.74, 6) is 1.79. The molecule has 33 heavy (non-hydrogen) atoms. The van der Waals surface area contributed by atoms with Crippen LogP contribution in [0.2, 0.25) is 5.15 Å². The first-order chi connectivity index (χ1) is 15.7. The molecule has 0 amide bonds. The number of carbonyl (C=O) groups is 1. The zero-order valence-electron chi connectivity index (χ0n) is 20.0. The van der Waals surface area contributed by atoms with Gasteiger partial charge in [-0.05, 0) is 70.0 Å². The number of ether oxygens (including phenoxy) is 3. The van der Waals surface area contributed by atoms with Crippen LogP contribution in [-0.4, -0.2) is 28.7 Å². The van der Waals surface area contributed by atoms with E-state index >= 15 is 0 Å². The minimum Gasteiger partial charge on any atom is -0.489 e. The summed E-state index contributed by atoms with van der Waals surface area (Å²) in [6, 6.07) is 13.9. The predicted molar refractivity (Wildman–Crippen MR) is 130 cm³/mol. The molecule has 1 heterocycles. The number of methoxy groups -OCH3 is 1. The van der Waals surface area contributed by atoms with Crippen molar-refractivity contribution in [3.63, 3.8) is 0 Å². The van der Waals surface area contributed by atoms with E-state index in [1.54, 1.807) is 6.92 Å². The van der Waals surface area contributed by atoms with Gasteiger partial charge in [-0.3, -0.25) is 0 Å². The first-order valence-electron chi connectivity index (χ1n) is 11.1. The lowest BCUT2D eigenvalue weighted by Gasteiger charge is -2.17. The fraction of sp³-hybridized carbons (Fsp3) is 0.385. The smallest absolute Gasteiger partial charge is 0.346 e. The molecule has 2 aromatic carbocycles. The van der Waals surface area contributed by atoms with Gasteiger partial charge in [0.2, 0.25) is 0 Å². The lowest BCUT2D eigenvalue weighted by Crippen LogP contribution is -2.25. The Kier molecular flexibility index (Phi) is 8.03. The molecule has 0 spiro atoms. The summed E-state index contributed by atoms with van der Waals surface area (Å²) in [4.78, 5) is 16.4. The van der Waals surface area contributed by atoms with Gasteiger partial charge in [0, 0.05) is 17.2 Å². The third kappa shape index (κ3) is 5.69. The van der Waals surface area contributed by atoms with Crippen molar-refractivity contribution in [2.45, 2.75) is 59.8 Å². The van der Waals surface area contributed by atoms with Gasteiger partial charge in [0.05, 0.1) is 7.11 Å². The maximum Gasteiger partial charge on any atom is 0.346 e. The maximum absolute atomic E-state index is 11.8. The number of hydrogen-bond donors (Lipinski definition) is 0. The summed E-state index contributed by atoms with van der Waals surface area (Å²) in [7, 11) is 1.35. The number of benzene rings is 2. The summed E-state index contributed by atoms with van der Waals surface area (Å²) in [5.41, 5.74) is 3.65. The molecule has 0 fully saturated rings. The Hall–Kier alpha value is -2.99. The second kappa shape index (κ2) is 10.8. The topological polar surface area (TPSA) is 62.6 Å². The van der Waals surface area contributed by atoms with Crippen LogP contribution in [-0.2, 0) is 22.6 Å². The maximum atomic E-state index is 11.8. The Labute approximate surface area is 200 Å².